The zero-order valence-electron chi connectivity index (χ0n) is 10.8. The SMILES string of the molecule is CCNc1ncccc1C(=O)N(CC)CCC#N. The Bertz CT molecular complexity index is 439. The molecule has 0 saturated heterocycles. The molecule has 0 unspecified atom stereocenters. The first-order valence-electron chi connectivity index (χ1n) is 6.09. The Kier molecular flexibility index (Phi) is 5.65. The minimum Gasteiger partial charge on any atom is -0.370 e. The lowest BCUT2D eigenvalue weighted by atomic mass is 10.2. The van der Waals surface area contributed by atoms with Gasteiger partial charge in [-0.2, -0.15) is 5.26 Å². The number of nitrogens with one attached hydrogen (secondary N) is 1. The summed E-state index contributed by atoms with van der Waals surface area (Å²) in [7, 11) is 0. The van der Waals surface area contributed by atoms with E-state index in [0.29, 0.717) is 37.4 Å². The highest BCUT2D eigenvalue weighted by Gasteiger charge is 2.17. The monoisotopic (exact) mass is 246 g/mol. The molecule has 1 amide bonds. The summed E-state index contributed by atoms with van der Waals surface area (Å²) in [6, 6.07) is 5.55. The van der Waals surface area contributed by atoms with Crippen LogP contribution in [0.2, 0.25) is 0 Å². The van der Waals surface area contributed by atoms with E-state index in [4.69, 9.17) is 5.26 Å². The topological polar surface area (TPSA) is 69.0 Å². The molecule has 0 aliphatic rings. The number of nitriles is 1. The fourth-order valence-electron chi connectivity index (χ4n) is 1.64. The third kappa shape index (κ3) is 3.45. The molecule has 0 fully saturated rings. The van der Waals surface area contributed by atoms with Crippen molar-refractivity contribution < 1.29 is 4.79 Å². The van der Waals surface area contributed by atoms with Crippen LogP contribution in [-0.2, 0) is 0 Å². The Balaban J connectivity index is 2.91. The number of hydrogen-bond donors (Lipinski definition) is 1. The van der Waals surface area contributed by atoms with Crippen molar-refractivity contribution in [2.24, 2.45) is 0 Å². The van der Waals surface area contributed by atoms with Crippen molar-refractivity contribution in [3.05, 3.63) is 23.9 Å². The van der Waals surface area contributed by atoms with Crippen molar-refractivity contribution in [3.63, 3.8) is 0 Å². The summed E-state index contributed by atoms with van der Waals surface area (Å²) in [5, 5.41) is 11.7. The average molecular weight is 246 g/mol. The Morgan fingerprint density at radius 2 is 2.33 bits per heavy atom. The van der Waals surface area contributed by atoms with Crippen LogP contribution in [0.25, 0.3) is 0 Å². The van der Waals surface area contributed by atoms with Gasteiger partial charge in [0.25, 0.3) is 5.91 Å². The summed E-state index contributed by atoms with van der Waals surface area (Å²) in [6.07, 6.45) is 2.00. The quantitative estimate of drug-likeness (QED) is 0.832. The molecule has 1 heterocycles. The lowest BCUT2D eigenvalue weighted by Crippen LogP contribution is -2.32. The largest absolute Gasteiger partial charge is 0.370 e. The molecule has 1 aromatic rings. The van der Waals surface area contributed by atoms with Crippen LogP contribution < -0.4 is 5.32 Å². The molecule has 18 heavy (non-hydrogen) atoms. The molecule has 5 heteroatoms. The highest BCUT2D eigenvalue weighted by molar-refractivity contribution is 5.98. The maximum atomic E-state index is 12.3. The molecule has 0 aromatic carbocycles. The number of carbonyl (C=O) groups is 1. The van der Waals surface area contributed by atoms with Crippen molar-refractivity contribution in [1.29, 1.82) is 5.26 Å². The standard InChI is InChI=1S/C13H18N4O/c1-3-15-12-11(7-5-9-16-12)13(18)17(4-2)10-6-8-14/h5,7,9H,3-4,6,10H2,1-2H3,(H,15,16). The van der Waals surface area contributed by atoms with Crippen LogP contribution in [-0.4, -0.2) is 35.4 Å². The summed E-state index contributed by atoms with van der Waals surface area (Å²) >= 11 is 0. The number of amides is 1. The fraction of sp³-hybridized carbons (Fsp3) is 0.462. The van der Waals surface area contributed by atoms with Crippen molar-refractivity contribution in [2.45, 2.75) is 20.3 Å². The fourth-order valence-corrected chi connectivity index (χ4v) is 1.64. The molecular formula is C13H18N4O. The van der Waals surface area contributed by atoms with Crippen LogP contribution in [0.3, 0.4) is 0 Å². The number of anilines is 1. The number of carbonyl (C=O) groups excluding carboxylic acids is 1. The lowest BCUT2D eigenvalue weighted by Gasteiger charge is -2.20. The first kappa shape index (κ1) is 14.0. The Morgan fingerprint density at radius 1 is 1.56 bits per heavy atom. The Hall–Kier alpha value is -2.09. The van der Waals surface area contributed by atoms with E-state index in [-0.39, 0.29) is 5.91 Å². The molecule has 1 aromatic heterocycles. The van der Waals surface area contributed by atoms with Gasteiger partial charge in [0.1, 0.15) is 5.82 Å². The summed E-state index contributed by atoms with van der Waals surface area (Å²) in [6.45, 7) is 5.60. The van der Waals surface area contributed by atoms with E-state index in [1.165, 1.54) is 0 Å². The zero-order chi connectivity index (χ0) is 13.4. The molecular weight excluding hydrogens is 228 g/mol. The zero-order valence-corrected chi connectivity index (χ0v) is 10.8. The minimum atomic E-state index is -0.0863. The van der Waals surface area contributed by atoms with Gasteiger partial charge >= 0.3 is 0 Å². The molecule has 5 nitrogen and oxygen atoms in total. The molecule has 0 aliphatic heterocycles. The van der Waals surface area contributed by atoms with Gasteiger partial charge in [-0.05, 0) is 26.0 Å². The maximum Gasteiger partial charge on any atom is 0.257 e. The second-order valence-corrected chi connectivity index (χ2v) is 3.72. The van der Waals surface area contributed by atoms with Gasteiger partial charge in [0.2, 0.25) is 0 Å². The molecule has 0 bridgehead atoms. The number of pyridine rings is 1. The van der Waals surface area contributed by atoms with Crippen LogP contribution in [0, 0.1) is 11.3 Å². The second kappa shape index (κ2) is 7.28. The molecule has 1 rings (SSSR count). The lowest BCUT2D eigenvalue weighted by molar-refractivity contribution is 0.0768. The van der Waals surface area contributed by atoms with E-state index in [0.717, 1.165) is 0 Å². The summed E-state index contributed by atoms with van der Waals surface area (Å²) in [5.41, 5.74) is 0.555. The minimum absolute atomic E-state index is 0.0863. The maximum absolute atomic E-state index is 12.3. The molecule has 96 valence electrons. The van der Waals surface area contributed by atoms with Gasteiger partial charge < -0.3 is 10.2 Å². The van der Waals surface area contributed by atoms with Gasteiger partial charge in [-0.1, -0.05) is 0 Å². The predicted octanol–water partition coefficient (Wildman–Crippen LogP) is 1.89. The molecule has 0 radical (unpaired) electrons. The van der Waals surface area contributed by atoms with Crippen LogP contribution in [0.4, 0.5) is 5.82 Å². The summed E-state index contributed by atoms with van der Waals surface area (Å²) < 4.78 is 0. The summed E-state index contributed by atoms with van der Waals surface area (Å²) in [5.74, 6) is 0.511. The molecule has 0 atom stereocenters. The van der Waals surface area contributed by atoms with Crippen LogP contribution in [0.15, 0.2) is 18.3 Å². The van der Waals surface area contributed by atoms with E-state index >= 15 is 0 Å². The number of aromatic nitrogens is 1. The van der Waals surface area contributed by atoms with Gasteiger partial charge in [-0.3, -0.25) is 4.79 Å². The number of hydrogen-bond acceptors (Lipinski definition) is 4. The highest BCUT2D eigenvalue weighted by Crippen LogP contribution is 2.14. The molecule has 0 saturated carbocycles. The average Bonchev–Trinajstić information content (AvgIpc) is 2.40. The second-order valence-electron chi connectivity index (χ2n) is 3.72. The number of rotatable bonds is 6. The molecule has 0 spiro atoms. The van der Waals surface area contributed by atoms with Gasteiger partial charge in [0.15, 0.2) is 0 Å². The molecule has 1 N–H and O–H groups in total. The van der Waals surface area contributed by atoms with E-state index < -0.39 is 0 Å². The van der Waals surface area contributed by atoms with E-state index in [2.05, 4.69) is 16.4 Å². The smallest absolute Gasteiger partial charge is 0.257 e. The summed E-state index contributed by atoms with van der Waals surface area (Å²) in [4.78, 5) is 18.1. The van der Waals surface area contributed by atoms with Crippen LogP contribution in [0.5, 0.6) is 0 Å². The predicted molar refractivity (Wildman–Crippen MR) is 70.2 cm³/mol. The van der Waals surface area contributed by atoms with Gasteiger partial charge in [-0.15, -0.1) is 0 Å². The number of nitrogens with zero attached hydrogens (tertiary/aromatic N) is 3. The van der Waals surface area contributed by atoms with Crippen molar-refractivity contribution >= 4 is 11.7 Å². The first-order valence-corrected chi connectivity index (χ1v) is 6.09. The third-order valence-electron chi connectivity index (χ3n) is 2.54. The van der Waals surface area contributed by atoms with E-state index in [1.807, 2.05) is 13.8 Å². The van der Waals surface area contributed by atoms with Crippen molar-refractivity contribution in [1.82, 2.24) is 9.88 Å². The Labute approximate surface area is 107 Å². The van der Waals surface area contributed by atoms with Crippen LogP contribution >= 0.6 is 0 Å². The van der Waals surface area contributed by atoms with Crippen molar-refractivity contribution in [3.8, 4) is 6.07 Å². The van der Waals surface area contributed by atoms with E-state index in [1.54, 1.807) is 23.2 Å². The van der Waals surface area contributed by atoms with E-state index in [9.17, 15) is 4.79 Å². The highest BCUT2D eigenvalue weighted by atomic mass is 16.2. The van der Waals surface area contributed by atoms with Crippen LogP contribution in [0.1, 0.15) is 30.6 Å². The third-order valence-corrected chi connectivity index (χ3v) is 2.54. The normalized spacial score (nSPS) is 9.61. The Morgan fingerprint density at radius 3 is 2.94 bits per heavy atom. The van der Waals surface area contributed by atoms with Gasteiger partial charge in [-0.25, -0.2) is 4.98 Å². The van der Waals surface area contributed by atoms with Gasteiger partial charge in [0, 0.05) is 25.8 Å². The first-order chi connectivity index (χ1) is 8.74. The molecule has 0 aliphatic carbocycles. The van der Waals surface area contributed by atoms with Gasteiger partial charge in [0.05, 0.1) is 18.1 Å². The van der Waals surface area contributed by atoms with Crippen molar-refractivity contribution in [2.75, 3.05) is 25.0 Å².